The van der Waals surface area contributed by atoms with Crippen molar-refractivity contribution in [3.8, 4) is 11.5 Å². The molecule has 6 nitrogen and oxygen atoms in total. The van der Waals surface area contributed by atoms with Gasteiger partial charge in [0, 0.05) is 32.0 Å². The molecule has 1 aliphatic rings. The summed E-state index contributed by atoms with van der Waals surface area (Å²) in [5, 5.41) is 8.84. The fourth-order valence-electron chi connectivity index (χ4n) is 3.28. The minimum atomic E-state index is -0.752. The van der Waals surface area contributed by atoms with E-state index >= 15 is 0 Å². The summed E-state index contributed by atoms with van der Waals surface area (Å²) >= 11 is 0. The van der Waals surface area contributed by atoms with E-state index < -0.39 is 5.97 Å². The summed E-state index contributed by atoms with van der Waals surface area (Å²) in [6.07, 6.45) is 3.80. The van der Waals surface area contributed by atoms with Crippen LogP contribution < -0.4 is 9.47 Å². The van der Waals surface area contributed by atoms with Crippen molar-refractivity contribution < 1.29 is 24.2 Å². The van der Waals surface area contributed by atoms with Crippen molar-refractivity contribution in [2.24, 2.45) is 5.92 Å². The number of hydrogen-bond acceptors (Lipinski definition) is 4. The first-order valence-electron chi connectivity index (χ1n) is 8.74. The molecule has 0 saturated carbocycles. The molecule has 0 aromatic heterocycles. The molecule has 2 rings (SSSR count). The van der Waals surface area contributed by atoms with Gasteiger partial charge in [-0.15, -0.1) is 0 Å². The Morgan fingerprint density at radius 1 is 1.20 bits per heavy atom. The number of carboxylic acid groups (broad SMARTS) is 1. The second kappa shape index (κ2) is 9.30. The van der Waals surface area contributed by atoms with Gasteiger partial charge in [0.25, 0.3) is 0 Å². The Morgan fingerprint density at radius 3 is 2.52 bits per heavy atom. The third-order valence-electron chi connectivity index (χ3n) is 4.76. The maximum atomic E-state index is 12.3. The van der Waals surface area contributed by atoms with Crippen LogP contribution in [0.4, 0.5) is 0 Å². The maximum Gasteiger partial charge on any atom is 0.303 e. The number of amides is 1. The third-order valence-corrected chi connectivity index (χ3v) is 4.76. The third kappa shape index (κ3) is 5.66. The van der Waals surface area contributed by atoms with Gasteiger partial charge in [-0.3, -0.25) is 9.59 Å². The number of nitrogens with zero attached hydrogens (tertiary/aromatic N) is 1. The van der Waals surface area contributed by atoms with Crippen LogP contribution in [0.3, 0.4) is 0 Å². The molecule has 6 heteroatoms. The number of benzene rings is 1. The zero-order chi connectivity index (χ0) is 18.2. The van der Waals surface area contributed by atoms with Crippen molar-refractivity contribution in [3.05, 3.63) is 23.8 Å². The van der Waals surface area contributed by atoms with E-state index in [0.29, 0.717) is 19.5 Å². The van der Waals surface area contributed by atoms with Crippen molar-refractivity contribution in [2.75, 3.05) is 27.3 Å². The first-order chi connectivity index (χ1) is 12.0. The minimum Gasteiger partial charge on any atom is -0.497 e. The lowest BCUT2D eigenvalue weighted by Crippen LogP contribution is -2.38. The lowest BCUT2D eigenvalue weighted by Gasteiger charge is -2.31. The highest BCUT2D eigenvalue weighted by atomic mass is 16.5. The van der Waals surface area contributed by atoms with Gasteiger partial charge in [0.05, 0.1) is 14.2 Å². The molecule has 0 bridgehead atoms. The van der Waals surface area contributed by atoms with Crippen molar-refractivity contribution in [1.29, 1.82) is 0 Å². The Hall–Kier alpha value is -2.24. The van der Waals surface area contributed by atoms with Crippen LogP contribution in [-0.4, -0.2) is 49.2 Å². The van der Waals surface area contributed by atoms with E-state index in [1.807, 2.05) is 23.1 Å². The van der Waals surface area contributed by atoms with Gasteiger partial charge in [0.1, 0.15) is 11.5 Å². The molecule has 1 saturated heterocycles. The van der Waals surface area contributed by atoms with Crippen LogP contribution in [0.25, 0.3) is 0 Å². The number of carbonyl (C=O) groups is 2. The SMILES string of the molecule is COc1ccc(CCCC(=O)N2CCC(CC(=O)O)CC2)c(OC)c1. The highest BCUT2D eigenvalue weighted by molar-refractivity contribution is 5.76. The highest BCUT2D eigenvalue weighted by Crippen LogP contribution is 2.26. The first kappa shape index (κ1) is 19.1. The molecule has 1 heterocycles. The lowest BCUT2D eigenvalue weighted by molar-refractivity contribution is -0.138. The average molecular weight is 349 g/mol. The quantitative estimate of drug-likeness (QED) is 0.781. The summed E-state index contributed by atoms with van der Waals surface area (Å²) in [5.74, 6) is 1.13. The van der Waals surface area contributed by atoms with E-state index in [0.717, 1.165) is 42.7 Å². The number of aryl methyl sites for hydroxylation is 1. The number of methoxy groups -OCH3 is 2. The molecule has 1 N–H and O–H groups in total. The van der Waals surface area contributed by atoms with E-state index in [2.05, 4.69) is 0 Å². The van der Waals surface area contributed by atoms with Crippen LogP contribution >= 0.6 is 0 Å². The number of piperidine rings is 1. The van der Waals surface area contributed by atoms with Crippen molar-refractivity contribution in [2.45, 2.75) is 38.5 Å². The van der Waals surface area contributed by atoms with Gasteiger partial charge in [0.15, 0.2) is 0 Å². The number of hydrogen-bond donors (Lipinski definition) is 1. The summed E-state index contributed by atoms with van der Waals surface area (Å²) in [6.45, 7) is 1.34. The summed E-state index contributed by atoms with van der Waals surface area (Å²) < 4.78 is 10.6. The standard InChI is InChI=1S/C19H27NO5/c1-24-16-7-6-15(17(13-16)25-2)4-3-5-18(21)20-10-8-14(9-11-20)12-19(22)23/h6-7,13-14H,3-5,8-12H2,1-2H3,(H,22,23). The maximum absolute atomic E-state index is 12.3. The van der Waals surface area contributed by atoms with Crippen LogP contribution in [0, 0.1) is 5.92 Å². The highest BCUT2D eigenvalue weighted by Gasteiger charge is 2.23. The van der Waals surface area contributed by atoms with Gasteiger partial charge in [0.2, 0.25) is 5.91 Å². The second-order valence-electron chi connectivity index (χ2n) is 6.45. The fourth-order valence-corrected chi connectivity index (χ4v) is 3.28. The zero-order valence-electron chi connectivity index (χ0n) is 15.0. The fraction of sp³-hybridized carbons (Fsp3) is 0.579. The van der Waals surface area contributed by atoms with Crippen LogP contribution in [-0.2, 0) is 16.0 Å². The average Bonchev–Trinajstić information content (AvgIpc) is 2.61. The Morgan fingerprint density at radius 2 is 1.92 bits per heavy atom. The van der Waals surface area contributed by atoms with Gasteiger partial charge in [-0.25, -0.2) is 0 Å². The van der Waals surface area contributed by atoms with E-state index in [9.17, 15) is 9.59 Å². The van der Waals surface area contributed by atoms with Gasteiger partial charge in [-0.1, -0.05) is 6.07 Å². The van der Waals surface area contributed by atoms with E-state index in [1.165, 1.54) is 0 Å². The Bertz CT molecular complexity index is 593. The zero-order valence-corrected chi connectivity index (χ0v) is 15.0. The molecule has 138 valence electrons. The predicted molar refractivity (Wildman–Crippen MR) is 94.0 cm³/mol. The van der Waals surface area contributed by atoms with Crippen molar-refractivity contribution >= 4 is 11.9 Å². The number of carboxylic acids is 1. The molecular weight excluding hydrogens is 322 g/mol. The smallest absolute Gasteiger partial charge is 0.303 e. The largest absolute Gasteiger partial charge is 0.497 e. The molecule has 0 radical (unpaired) electrons. The molecule has 0 aliphatic carbocycles. The van der Waals surface area contributed by atoms with Gasteiger partial charge >= 0.3 is 5.97 Å². The van der Waals surface area contributed by atoms with Gasteiger partial charge < -0.3 is 19.5 Å². The van der Waals surface area contributed by atoms with Crippen LogP contribution in [0.15, 0.2) is 18.2 Å². The molecule has 1 fully saturated rings. The Kier molecular flexibility index (Phi) is 7.10. The van der Waals surface area contributed by atoms with Crippen LogP contribution in [0.5, 0.6) is 11.5 Å². The molecule has 1 aliphatic heterocycles. The normalized spacial score (nSPS) is 15.0. The lowest BCUT2D eigenvalue weighted by atomic mass is 9.93. The molecule has 0 atom stereocenters. The monoisotopic (exact) mass is 349 g/mol. The molecule has 1 aromatic carbocycles. The molecule has 25 heavy (non-hydrogen) atoms. The summed E-state index contributed by atoms with van der Waals surface area (Å²) in [6, 6.07) is 5.72. The number of ether oxygens (including phenoxy) is 2. The number of carbonyl (C=O) groups excluding carboxylic acids is 1. The molecule has 0 unspecified atom stereocenters. The van der Waals surface area contributed by atoms with Crippen LogP contribution in [0.2, 0.25) is 0 Å². The summed E-state index contributed by atoms with van der Waals surface area (Å²) in [5.41, 5.74) is 1.07. The topological polar surface area (TPSA) is 76.1 Å². The number of aliphatic carboxylic acids is 1. The predicted octanol–water partition coefficient (Wildman–Crippen LogP) is 2.74. The van der Waals surface area contributed by atoms with Crippen molar-refractivity contribution in [1.82, 2.24) is 4.90 Å². The van der Waals surface area contributed by atoms with Gasteiger partial charge in [-0.05, 0) is 43.2 Å². The van der Waals surface area contributed by atoms with Crippen LogP contribution in [0.1, 0.15) is 37.7 Å². The van der Waals surface area contributed by atoms with Gasteiger partial charge in [-0.2, -0.15) is 0 Å². The van der Waals surface area contributed by atoms with Crippen molar-refractivity contribution in [3.63, 3.8) is 0 Å². The first-order valence-corrected chi connectivity index (χ1v) is 8.74. The summed E-state index contributed by atoms with van der Waals surface area (Å²) in [7, 11) is 3.25. The molecule has 0 spiro atoms. The molecule has 1 amide bonds. The minimum absolute atomic E-state index is 0.154. The van der Waals surface area contributed by atoms with E-state index in [4.69, 9.17) is 14.6 Å². The second-order valence-corrected chi connectivity index (χ2v) is 6.45. The Labute approximate surface area is 148 Å². The number of rotatable bonds is 8. The Balaban J connectivity index is 1.77. The molecular formula is C19H27NO5. The molecule has 1 aromatic rings. The number of likely N-dealkylation sites (tertiary alicyclic amines) is 1. The van der Waals surface area contributed by atoms with E-state index in [-0.39, 0.29) is 18.2 Å². The summed E-state index contributed by atoms with van der Waals surface area (Å²) in [4.78, 5) is 24.9. The van der Waals surface area contributed by atoms with E-state index in [1.54, 1.807) is 14.2 Å².